The lowest BCUT2D eigenvalue weighted by atomic mass is 9.92. The maximum atomic E-state index is 5.71. The number of hydrogen-bond donors (Lipinski definition) is 2. The van der Waals surface area contributed by atoms with Crippen molar-refractivity contribution in [2.45, 2.75) is 103 Å². The largest absolute Gasteiger partial charge is 0.271 e. The topological polar surface area (TPSA) is 38.0 Å². The molecule has 1 aliphatic rings. The van der Waals surface area contributed by atoms with Gasteiger partial charge in [-0.25, -0.2) is 0 Å². The van der Waals surface area contributed by atoms with Crippen molar-refractivity contribution in [3.8, 4) is 0 Å². The van der Waals surface area contributed by atoms with Crippen molar-refractivity contribution in [2.75, 3.05) is 0 Å². The zero-order valence-electron chi connectivity index (χ0n) is 14.0. The Balaban J connectivity index is 1.85. The van der Waals surface area contributed by atoms with Crippen molar-refractivity contribution in [3.63, 3.8) is 0 Å². The quantitative estimate of drug-likeness (QED) is 0.262. The summed E-state index contributed by atoms with van der Waals surface area (Å²) < 4.78 is 0. The first kappa shape index (κ1) is 18.0. The van der Waals surface area contributed by atoms with Gasteiger partial charge in [-0.2, -0.15) is 0 Å². The normalized spacial score (nSPS) is 18.1. The standard InChI is InChI=1S/C18H38N2/c1-3-4-5-6-7-8-9-10-11-12-13-18(20-19)16(2)17-14-15-17/h16-18,20H,3-15,19H2,1-2H3. The van der Waals surface area contributed by atoms with Gasteiger partial charge >= 0.3 is 0 Å². The first-order valence-electron chi connectivity index (χ1n) is 9.25. The molecule has 2 atom stereocenters. The molecule has 0 spiro atoms. The molecule has 0 heterocycles. The van der Waals surface area contributed by atoms with Crippen LogP contribution in [-0.2, 0) is 0 Å². The van der Waals surface area contributed by atoms with Crippen molar-refractivity contribution >= 4 is 0 Å². The Morgan fingerprint density at radius 2 is 1.40 bits per heavy atom. The van der Waals surface area contributed by atoms with Crippen molar-refractivity contribution in [3.05, 3.63) is 0 Å². The Kier molecular flexibility index (Phi) is 10.4. The van der Waals surface area contributed by atoms with Crippen LogP contribution in [-0.4, -0.2) is 6.04 Å². The number of nitrogens with two attached hydrogens (primary N) is 1. The first-order chi connectivity index (χ1) is 9.79. The monoisotopic (exact) mass is 282 g/mol. The molecule has 0 saturated heterocycles. The van der Waals surface area contributed by atoms with Crippen LogP contribution in [0.3, 0.4) is 0 Å². The van der Waals surface area contributed by atoms with Gasteiger partial charge in [-0.3, -0.25) is 11.3 Å². The van der Waals surface area contributed by atoms with Crippen molar-refractivity contribution in [2.24, 2.45) is 17.7 Å². The van der Waals surface area contributed by atoms with Crippen LogP contribution in [0.25, 0.3) is 0 Å². The van der Waals surface area contributed by atoms with Crippen LogP contribution in [0.5, 0.6) is 0 Å². The minimum absolute atomic E-state index is 0.552. The predicted molar refractivity (Wildman–Crippen MR) is 89.5 cm³/mol. The Morgan fingerprint density at radius 1 is 0.900 bits per heavy atom. The number of hydrogen-bond acceptors (Lipinski definition) is 2. The summed E-state index contributed by atoms with van der Waals surface area (Å²) in [6.45, 7) is 4.66. The Bertz CT molecular complexity index is 213. The van der Waals surface area contributed by atoms with Gasteiger partial charge in [0.25, 0.3) is 0 Å². The van der Waals surface area contributed by atoms with Gasteiger partial charge in [0.15, 0.2) is 0 Å². The molecule has 0 amide bonds. The van der Waals surface area contributed by atoms with Gasteiger partial charge in [0, 0.05) is 6.04 Å². The fourth-order valence-electron chi connectivity index (χ4n) is 3.30. The van der Waals surface area contributed by atoms with Crippen LogP contribution in [0.2, 0.25) is 0 Å². The summed E-state index contributed by atoms with van der Waals surface area (Å²) in [5.74, 6) is 7.44. The fraction of sp³-hybridized carbons (Fsp3) is 1.00. The summed E-state index contributed by atoms with van der Waals surface area (Å²) in [5.41, 5.74) is 3.05. The molecule has 2 heteroatoms. The second-order valence-electron chi connectivity index (χ2n) is 6.94. The van der Waals surface area contributed by atoms with E-state index in [9.17, 15) is 0 Å². The predicted octanol–water partition coefficient (Wildman–Crippen LogP) is 5.18. The molecule has 3 N–H and O–H groups in total. The summed E-state index contributed by atoms with van der Waals surface area (Å²) in [7, 11) is 0. The van der Waals surface area contributed by atoms with E-state index in [1.54, 1.807) is 0 Å². The van der Waals surface area contributed by atoms with E-state index in [4.69, 9.17) is 5.84 Å². The number of unbranched alkanes of at least 4 members (excludes halogenated alkanes) is 9. The summed E-state index contributed by atoms with van der Waals surface area (Å²) in [5, 5.41) is 0. The second kappa shape index (κ2) is 11.6. The molecule has 1 fully saturated rings. The third kappa shape index (κ3) is 8.26. The smallest absolute Gasteiger partial charge is 0.0238 e. The highest BCUT2D eigenvalue weighted by atomic mass is 15.2. The third-order valence-corrected chi connectivity index (χ3v) is 5.08. The zero-order valence-corrected chi connectivity index (χ0v) is 14.0. The summed E-state index contributed by atoms with van der Waals surface area (Å²) in [4.78, 5) is 0. The lowest BCUT2D eigenvalue weighted by Gasteiger charge is -2.23. The fourth-order valence-corrected chi connectivity index (χ4v) is 3.30. The van der Waals surface area contributed by atoms with E-state index in [0.29, 0.717) is 6.04 Å². The third-order valence-electron chi connectivity index (χ3n) is 5.08. The molecule has 2 unspecified atom stereocenters. The molecule has 20 heavy (non-hydrogen) atoms. The number of rotatable bonds is 14. The summed E-state index contributed by atoms with van der Waals surface area (Å²) >= 11 is 0. The number of nitrogens with one attached hydrogen (secondary N) is 1. The van der Waals surface area contributed by atoms with Gasteiger partial charge < -0.3 is 0 Å². The lowest BCUT2D eigenvalue weighted by molar-refractivity contribution is 0.319. The highest BCUT2D eigenvalue weighted by Crippen LogP contribution is 2.39. The van der Waals surface area contributed by atoms with Crippen LogP contribution in [0.1, 0.15) is 97.3 Å². The average molecular weight is 283 g/mol. The highest BCUT2D eigenvalue weighted by Gasteiger charge is 2.32. The van der Waals surface area contributed by atoms with Crippen molar-refractivity contribution in [1.82, 2.24) is 5.43 Å². The van der Waals surface area contributed by atoms with E-state index >= 15 is 0 Å². The molecule has 1 rings (SSSR count). The molecule has 0 aromatic rings. The van der Waals surface area contributed by atoms with Gasteiger partial charge in [0.05, 0.1) is 0 Å². The van der Waals surface area contributed by atoms with Gasteiger partial charge in [-0.15, -0.1) is 0 Å². The molecular weight excluding hydrogens is 244 g/mol. The molecule has 0 aromatic carbocycles. The Morgan fingerprint density at radius 3 is 1.85 bits per heavy atom. The molecule has 0 radical (unpaired) electrons. The van der Waals surface area contributed by atoms with E-state index < -0.39 is 0 Å². The van der Waals surface area contributed by atoms with E-state index in [0.717, 1.165) is 11.8 Å². The highest BCUT2D eigenvalue weighted by molar-refractivity contribution is 4.85. The minimum Gasteiger partial charge on any atom is -0.271 e. The Hall–Kier alpha value is -0.0800. The average Bonchev–Trinajstić information content (AvgIpc) is 3.29. The molecule has 1 saturated carbocycles. The van der Waals surface area contributed by atoms with Crippen LogP contribution < -0.4 is 11.3 Å². The zero-order chi connectivity index (χ0) is 14.6. The Labute approximate surface area is 127 Å². The maximum Gasteiger partial charge on any atom is 0.0238 e. The number of hydrazine groups is 1. The van der Waals surface area contributed by atoms with Gasteiger partial charge in [0.1, 0.15) is 0 Å². The van der Waals surface area contributed by atoms with Gasteiger partial charge in [-0.1, -0.05) is 78.1 Å². The van der Waals surface area contributed by atoms with Gasteiger partial charge in [-0.05, 0) is 31.1 Å². The SMILES string of the molecule is CCCCCCCCCCCCC(NN)C(C)C1CC1. The van der Waals surface area contributed by atoms with Crippen molar-refractivity contribution < 1.29 is 0 Å². The van der Waals surface area contributed by atoms with E-state index in [1.165, 1.54) is 83.5 Å². The summed E-state index contributed by atoms with van der Waals surface area (Å²) in [6.07, 6.45) is 18.3. The van der Waals surface area contributed by atoms with E-state index in [1.807, 2.05) is 0 Å². The van der Waals surface area contributed by atoms with Crippen LogP contribution in [0, 0.1) is 11.8 Å². The minimum atomic E-state index is 0.552. The molecule has 0 aromatic heterocycles. The summed E-state index contributed by atoms with van der Waals surface area (Å²) in [6, 6.07) is 0.552. The second-order valence-corrected chi connectivity index (χ2v) is 6.94. The van der Waals surface area contributed by atoms with Crippen LogP contribution in [0.15, 0.2) is 0 Å². The van der Waals surface area contributed by atoms with Gasteiger partial charge in [0.2, 0.25) is 0 Å². The molecule has 120 valence electrons. The maximum absolute atomic E-state index is 5.71. The molecule has 0 bridgehead atoms. The van der Waals surface area contributed by atoms with Crippen molar-refractivity contribution in [1.29, 1.82) is 0 Å². The van der Waals surface area contributed by atoms with Crippen LogP contribution >= 0.6 is 0 Å². The van der Waals surface area contributed by atoms with Crippen LogP contribution in [0.4, 0.5) is 0 Å². The molecule has 0 aliphatic heterocycles. The van der Waals surface area contributed by atoms with E-state index in [-0.39, 0.29) is 0 Å². The molecule has 2 nitrogen and oxygen atoms in total. The lowest BCUT2D eigenvalue weighted by Crippen LogP contribution is -2.40. The first-order valence-corrected chi connectivity index (χ1v) is 9.25. The molecule has 1 aliphatic carbocycles. The van der Waals surface area contributed by atoms with E-state index in [2.05, 4.69) is 19.3 Å². The molecular formula is C18H38N2.